The number of anilines is 1. The second kappa shape index (κ2) is 11.2. The molecule has 3 aromatic carbocycles. The number of hydrogen-bond acceptors (Lipinski definition) is 5. The lowest BCUT2D eigenvalue weighted by Crippen LogP contribution is -2.38. The van der Waals surface area contributed by atoms with Crippen LogP contribution >= 0.6 is 15.9 Å². The number of carbonyl (C=O) groups is 3. The number of nitrogens with one attached hydrogen (secondary N) is 2. The second-order valence-electron chi connectivity index (χ2n) is 7.85. The molecule has 0 aliphatic carbocycles. The van der Waals surface area contributed by atoms with Crippen LogP contribution in [0.2, 0.25) is 0 Å². The molecule has 1 saturated heterocycles. The van der Waals surface area contributed by atoms with Crippen molar-refractivity contribution in [3.8, 4) is 11.5 Å². The van der Waals surface area contributed by atoms with Gasteiger partial charge in [0.15, 0.2) is 11.5 Å². The van der Waals surface area contributed by atoms with Crippen molar-refractivity contribution in [1.82, 2.24) is 10.2 Å². The molecule has 0 saturated carbocycles. The first-order chi connectivity index (χ1) is 17.7. The molecule has 11 heteroatoms. The average Bonchev–Trinajstić information content (AvgIpc) is 3.12. The number of methoxy groups -OCH3 is 1. The fourth-order valence-corrected chi connectivity index (χ4v) is 3.93. The van der Waals surface area contributed by atoms with Crippen molar-refractivity contribution in [3.63, 3.8) is 0 Å². The molecule has 37 heavy (non-hydrogen) atoms. The van der Waals surface area contributed by atoms with Crippen molar-refractivity contribution in [3.05, 3.63) is 93.6 Å². The van der Waals surface area contributed by atoms with Crippen molar-refractivity contribution < 1.29 is 32.6 Å². The van der Waals surface area contributed by atoms with E-state index in [0.29, 0.717) is 32.0 Å². The van der Waals surface area contributed by atoms with E-state index in [1.807, 2.05) is 0 Å². The molecule has 2 N–H and O–H groups in total. The minimum absolute atomic E-state index is 0.0638. The number of benzene rings is 3. The first kappa shape index (κ1) is 25.8. The van der Waals surface area contributed by atoms with Gasteiger partial charge in [-0.3, -0.25) is 9.59 Å². The number of ether oxygens (including phenoxy) is 2. The number of nitrogens with zero attached hydrogens (tertiary/aromatic N) is 1. The molecule has 1 aliphatic rings. The third-order valence-electron chi connectivity index (χ3n) is 5.28. The maximum atomic E-state index is 13.8. The lowest BCUT2D eigenvalue weighted by atomic mass is 10.1. The second-order valence-corrected chi connectivity index (χ2v) is 8.70. The topological polar surface area (TPSA) is 97.0 Å². The first-order valence-corrected chi connectivity index (χ1v) is 11.7. The Morgan fingerprint density at radius 2 is 1.86 bits per heavy atom. The van der Waals surface area contributed by atoms with E-state index in [9.17, 15) is 23.2 Å². The Morgan fingerprint density at radius 1 is 1.08 bits per heavy atom. The summed E-state index contributed by atoms with van der Waals surface area (Å²) in [5.74, 6) is -1.78. The number of carbonyl (C=O) groups excluding carboxylic acids is 3. The number of hydrogen-bond donors (Lipinski definition) is 2. The van der Waals surface area contributed by atoms with Gasteiger partial charge in [-0.1, -0.05) is 40.2 Å². The summed E-state index contributed by atoms with van der Waals surface area (Å²) in [5.41, 5.74) is 0.977. The lowest BCUT2D eigenvalue weighted by molar-refractivity contribution is -0.127. The molecular formula is C26H20BrF2N3O5. The van der Waals surface area contributed by atoms with E-state index in [0.717, 1.165) is 0 Å². The van der Waals surface area contributed by atoms with E-state index < -0.39 is 30.2 Å². The van der Waals surface area contributed by atoms with Gasteiger partial charge in [-0.15, -0.1) is 0 Å². The molecule has 190 valence electrons. The van der Waals surface area contributed by atoms with E-state index in [4.69, 9.17) is 9.47 Å². The van der Waals surface area contributed by atoms with Crippen LogP contribution in [-0.2, 0) is 16.2 Å². The molecular weight excluding hydrogens is 552 g/mol. The third kappa shape index (κ3) is 6.12. The smallest absolute Gasteiger partial charge is 0.329 e. The zero-order valence-corrected chi connectivity index (χ0v) is 21.0. The van der Waals surface area contributed by atoms with Gasteiger partial charge in [0.1, 0.15) is 30.5 Å². The van der Waals surface area contributed by atoms with Crippen LogP contribution < -0.4 is 20.1 Å². The van der Waals surface area contributed by atoms with Crippen LogP contribution in [0.1, 0.15) is 11.1 Å². The summed E-state index contributed by atoms with van der Waals surface area (Å²) in [5, 5.41) is 4.76. The van der Waals surface area contributed by atoms with Crippen LogP contribution in [0.15, 0.2) is 70.8 Å². The molecule has 0 radical (unpaired) electrons. The molecule has 4 rings (SSSR count). The Hall–Kier alpha value is -4.25. The van der Waals surface area contributed by atoms with Crippen LogP contribution in [0.4, 0.5) is 19.3 Å². The third-order valence-corrected chi connectivity index (χ3v) is 5.96. The highest BCUT2D eigenvalue weighted by atomic mass is 79.9. The van der Waals surface area contributed by atoms with Gasteiger partial charge in [0, 0.05) is 4.47 Å². The van der Waals surface area contributed by atoms with Crippen molar-refractivity contribution in [2.24, 2.45) is 0 Å². The number of urea groups is 1. The number of para-hydroxylation sites is 1. The van der Waals surface area contributed by atoms with E-state index in [-0.39, 0.29) is 23.8 Å². The van der Waals surface area contributed by atoms with Gasteiger partial charge in [-0.05, 0) is 53.6 Å². The highest BCUT2D eigenvalue weighted by Gasteiger charge is 2.35. The SMILES string of the molecule is COc1cc(/C=C2/NC(=O)N(CC(=O)Nc3ccccc3F)C2=O)c(Br)cc1OCc1cccc(F)c1. The van der Waals surface area contributed by atoms with E-state index >= 15 is 0 Å². The molecule has 1 aliphatic heterocycles. The molecule has 0 unspecified atom stereocenters. The summed E-state index contributed by atoms with van der Waals surface area (Å²) in [7, 11) is 1.44. The van der Waals surface area contributed by atoms with Gasteiger partial charge in [-0.25, -0.2) is 18.5 Å². The lowest BCUT2D eigenvalue weighted by Gasteiger charge is -2.13. The molecule has 8 nitrogen and oxygen atoms in total. The van der Waals surface area contributed by atoms with Crippen LogP contribution in [0.25, 0.3) is 6.08 Å². The van der Waals surface area contributed by atoms with Crippen molar-refractivity contribution >= 4 is 45.5 Å². The van der Waals surface area contributed by atoms with Gasteiger partial charge in [0.25, 0.3) is 5.91 Å². The Labute approximate surface area is 219 Å². The highest BCUT2D eigenvalue weighted by Crippen LogP contribution is 2.35. The Kier molecular flexibility index (Phi) is 7.83. The van der Waals surface area contributed by atoms with Gasteiger partial charge in [-0.2, -0.15) is 0 Å². The number of amides is 4. The number of imide groups is 1. The zero-order chi connectivity index (χ0) is 26.5. The quantitative estimate of drug-likeness (QED) is 0.298. The zero-order valence-electron chi connectivity index (χ0n) is 19.4. The summed E-state index contributed by atoms with van der Waals surface area (Å²) in [6, 6.07) is 14.0. The summed E-state index contributed by atoms with van der Waals surface area (Å²) in [4.78, 5) is 38.2. The Morgan fingerprint density at radius 3 is 2.59 bits per heavy atom. The van der Waals surface area contributed by atoms with E-state index in [1.165, 1.54) is 49.6 Å². The van der Waals surface area contributed by atoms with Gasteiger partial charge >= 0.3 is 6.03 Å². The monoisotopic (exact) mass is 571 g/mol. The molecule has 3 aromatic rings. The van der Waals surface area contributed by atoms with Crippen molar-refractivity contribution in [2.75, 3.05) is 19.0 Å². The number of rotatable bonds is 8. The van der Waals surface area contributed by atoms with Gasteiger partial charge < -0.3 is 20.1 Å². The summed E-state index contributed by atoms with van der Waals surface area (Å²) >= 11 is 3.41. The molecule has 0 atom stereocenters. The van der Waals surface area contributed by atoms with Gasteiger partial charge in [0.2, 0.25) is 5.91 Å². The highest BCUT2D eigenvalue weighted by molar-refractivity contribution is 9.10. The number of halogens is 3. The van der Waals surface area contributed by atoms with Crippen LogP contribution in [0.3, 0.4) is 0 Å². The van der Waals surface area contributed by atoms with Crippen LogP contribution in [0, 0.1) is 11.6 Å². The fourth-order valence-electron chi connectivity index (χ4n) is 3.49. The molecule has 1 heterocycles. The maximum absolute atomic E-state index is 13.8. The molecule has 4 amide bonds. The minimum Gasteiger partial charge on any atom is -0.493 e. The van der Waals surface area contributed by atoms with Crippen molar-refractivity contribution in [2.45, 2.75) is 6.61 Å². The minimum atomic E-state index is -0.793. The molecule has 0 spiro atoms. The first-order valence-electron chi connectivity index (χ1n) is 10.9. The van der Waals surface area contributed by atoms with Crippen LogP contribution in [-0.4, -0.2) is 36.4 Å². The van der Waals surface area contributed by atoms with Crippen molar-refractivity contribution in [1.29, 1.82) is 0 Å². The fraction of sp³-hybridized carbons (Fsp3) is 0.115. The maximum Gasteiger partial charge on any atom is 0.329 e. The Balaban J connectivity index is 1.48. The van der Waals surface area contributed by atoms with E-state index in [2.05, 4.69) is 26.6 Å². The van der Waals surface area contributed by atoms with Crippen LogP contribution in [0.5, 0.6) is 11.5 Å². The summed E-state index contributed by atoms with van der Waals surface area (Å²) in [6.07, 6.45) is 1.41. The average molecular weight is 572 g/mol. The summed E-state index contributed by atoms with van der Waals surface area (Å²) in [6.45, 7) is -0.507. The molecule has 1 fully saturated rings. The van der Waals surface area contributed by atoms with E-state index in [1.54, 1.807) is 24.3 Å². The normalized spacial score (nSPS) is 14.1. The Bertz CT molecular complexity index is 1410. The summed E-state index contributed by atoms with van der Waals surface area (Å²) < 4.78 is 38.9. The molecule has 0 aromatic heterocycles. The standard InChI is InChI=1S/C26H20BrF2N3O5/c1-36-22-11-16(18(27)12-23(22)37-14-15-5-4-6-17(28)9-15)10-21-25(34)32(26(35)31-21)13-24(33)30-20-8-3-2-7-19(20)29/h2-12H,13-14H2,1H3,(H,30,33)(H,31,35)/b21-10+. The largest absolute Gasteiger partial charge is 0.493 e. The predicted molar refractivity (Wildman–Crippen MR) is 135 cm³/mol. The predicted octanol–water partition coefficient (Wildman–Crippen LogP) is 4.85. The van der Waals surface area contributed by atoms with Gasteiger partial charge in [0.05, 0.1) is 12.8 Å². The molecule has 0 bridgehead atoms.